The van der Waals surface area contributed by atoms with E-state index in [-0.39, 0.29) is 11.9 Å². The minimum Gasteiger partial charge on any atom is -0.461 e. The zero-order chi connectivity index (χ0) is 18.5. The number of ether oxygens (including phenoxy) is 1. The van der Waals surface area contributed by atoms with Crippen molar-refractivity contribution in [2.24, 2.45) is 5.92 Å². The molecule has 2 aromatic carbocycles. The van der Waals surface area contributed by atoms with E-state index in [2.05, 4.69) is 4.98 Å². The van der Waals surface area contributed by atoms with Gasteiger partial charge in [0.25, 0.3) is 0 Å². The van der Waals surface area contributed by atoms with Crippen molar-refractivity contribution in [2.45, 2.75) is 25.9 Å². The predicted octanol–water partition coefficient (Wildman–Crippen LogP) is 4.69. The molecule has 0 fully saturated rings. The van der Waals surface area contributed by atoms with Crippen LogP contribution >= 0.6 is 0 Å². The van der Waals surface area contributed by atoms with E-state index in [0.29, 0.717) is 18.9 Å². The third-order valence-electron chi connectivity index (χ3n) is 4.73. The minimum absolute atomic E-state index is 0.165. The van der Waals surface area contributed by atoms with Crippen molar-refractivity contribution in [3.8, 4) is 0 Å². The van der Waals surface area contributed by atoms with Gasteiger partial charge in [0, 0.05) is 12.5 Å². The first-order valence-electron chi connectivity index (χ1n) is 9.20. The first-order chi connectivity index (χ1) is 13.3. The molecule has 1 unspecified atom stereocenters. The molecule has 4 rings (SSSR count). The van der Waals surface area contributed by atoms with E-state index in [1.54, 1.807) is 0 Å². The first-order valence-corrected chi connectivity index (χ1v) is 9.20. The van der Waals surface area contributed by atoms with Crippen LogP contribution in [-0.2, 0) is 29.0 Å². The first kappa shape index (κ1) is 17.3. The number of nitrogens with zero attached hydrogens (tertiary/aromatic N) is 1. The summed E-state index contributed by atoms with van der Waals surface area (Å²) in [4.78, 5) is 16.9. The van der Waals surface area contributed by atoms with Crippen molar-refractivity contribution in [1.29, 1.82) is 0 Å². The number of aryl methyl sites for hydroxylation is 1. The van der Waals surface area contributed by atoms with Crippen LogP contribution in [-0.4, -0.2) is 11.0 Å². The maximum atomic E-state index is 12.4. The van der Waals surface area contributed by atoms with Crippen LogP contribution in [0.5, 0.6) is 0 Å². The third kappa shape index (κ3) is 4.34. The summed E-state index contributed by atoms with van der Waals surface area (Å²) < 4.78 is 11.3. The molecular formula is C23H21NO3. The maximum Gasteiger partial charge on any atom is 0.309 e. The molecule has 4 heteroatoms. The second kappa shape index (κ2) is 8.04. The second-order valence-corrected chi connectivity index (χ2v) is 6.70. The monoisotopic (exact) mass is 359 g/mol. The van der Waals surface area contributed by atoms with Crippen molar-refractivity contribution < 1.29 is 13.9 Å². The summed E-state index contributed by atoms with van der Waals surface area (Å²) in [5, 5.41) is 0. The van der Waals surface area contributed by atoms with Gasteiger partial charge < -0.3 is 9.15 Å². The van der Waals surface area contributed by atoms with Gasteiger partial charge in [-0.1, -0.05) is 60.7 Å². The molecule has 1 aromatic heterocycles. The highest BCUT2D eigenvalue weighted by Gasteiger charge is 2.29. The summed E-state index contributed by atoms with van der Waals surface area (Å²) in [7, 11) is 0. The van der Waals surface area contributed by atoms with Crippen molar-refractivity contribution in [3.63, 3.8) is 0 Å². The lowest BCUT2D eigenvalue weighted by Gasteiger charge is -2.18. The molecule has 4 nitrogen and oxygen atoms in total. The number of benzene rings is 2. The molecule has 0 saturated carbocycles. The van der Waals surface area contributed by atoms with Crippen LogP contribution in [0.3, 0.4) is 0 Å². The number of aromatic nitrogens is 1. The Labute approximate surface area is 158 Å². The van der Waals surface area contributed by atoms with E-state index < -0.39 is 0 Å². The fourth-order valence-corrected chi connectivity index (χ4v) is 3.25. The van der Waals surface area contributed by atoms with Crippen molar-refractivity contribution in [3.05, 3.63) is 89.1 Å². The van der Waals surface area contributed by atoms with Crippen molar-refractivity contribution in [1.82, 2.24) is 4.98 Å². The van der Waals surface area contributed by atoms with E-state index >= 15 is 0 Å². The van der Waals surface area contributed by atoms with Crippen molar-refractivity contribution in [2.75, 3.05) is 0 Å². The molecule has 0 saturated heterocycles. The summed E-state index contributed by atoms with van der Waals surface area (Å²) in [5.41, 5.74) is 3.04. The number of oxazole rings is 1. The number of rotatable bonds is 5. The van der Waals surface area contributed by atoms with Gasteiger partial charge in [-0.2, -0.15) is 0 Å². The van der Waals surface area contributed by atoms with Crippen LogP contribution in [0.4, 0.5) is 0 Å². The standard InChI is InChI=1S/C23H21NO3/c25-23(26-16-18-9-5-2-6-10-18)19-12-13-20-21(15-19)27-22(24-20)14-11-17-7-3-1-4-8-17/h1-11,14,19H,12-13,15-16H2/b14-11+. The molecule has 27 heavy (non-hydrogen) atoms. The molecule has 1 aliphatic rings. The van der Waals surface area contributed by atoms with E-state index in [1.807, 2.05) is 72.8 Å². The van der Waals surface area contributed by atoms with E-state index in [0.717, 1.165) is 35.4 Å². The highest BCUT2D eigenvalue weighted by Crippen LogP contribution is 2.28. The van der Waals surface area contributed by atoms with Gasteiger partial charge in [0.15, 0.2) is 0 Å². The molecule has 1 atom stereocenters. The largest absolute Gasteiger partial charge is 0.461 e. The topological polar surface area (TPSA) is 52.3 Å². The Hall–Kier alpha value is -3.14. The van der Waals surface area contributed by atoms with Crippen LogP contribution in [0.15, 0.2) is 65.1 Å². The zero-order valence-corrected chi connectivity index (χ0v) is 15.0. The second-order valence-electron chi connectivity index (χ2n) is 6.70. The summed E-state index contributed by atoms with van der Waals surface area (Å²) in [6, 6.07) is 19.8. The average molecular weight is 359 g/mol. The summed E-state index contributed by atoms with van der Waals surface area (Å²) >= 11 is 0. The normalized spacial score (nSPS) is 16.2. The molecule has 1 heterocycles. The fraction of sp³-hybridized carbons (Fsp3) is 0.217. The highest BCUT2D eigenvalue weighted by molar-refractivity contribution is 5.73. The van der Waals surface area contributed by atoms with E-state index in [4.69, 9.17) is 9.15 Å². The lowest BCUT2D eigenvalue weighted by atomic mass is 9.90. The van der Waals surface area contributed by atoms with Gasteiger partial charge in [0.1, 0.15) is 12.4 Å². The molecule has 0 bridgehead atoms. The Morgan fingerprint density at radius 3 is 2.59 bits per heavy atom. The number of carbonyl (C=O) groups is 1. The quantitative estimate of drug-likeness (QED) is 0.620. The Balaban J connectivity index is 1.37. The molecule has 0 aliphatic heterocycles. The van der Waals surface area contributed by atoms with Crippen LogP contribution in [0, 0.1) is 5.92 Å². The SMILES string of the molecule is O=C(OCc1ccccc1)C1CCc2nc(/C=C/c3ccccc3)oc2C1. The molecule has 0 spiro atoms. The van der Waals surface area contributed by atoms with Crippen LogP contribution in [0.25, 0.3) is 12.2 Å². The molecule has 136 valence electrons. The predicted molar refractivity (Wildman–Crippen MR) is 104 cm³/mol. The van der Waals surface area contributed by atoms with Gasteiger partial charge in [-0.15, -0.1) is 0 Å². The molecule has 0 amide bonds. The van der Waals surface area contributed by atoms with Crippen LogP contribution in [0.2, 0.25) is 0 Å². The Kier molecular flexibility index (Phi) is 5.15. The average Bonchev–Trinajstić information content (AvgIpc) is 3.14. The zero-order valence-electron chi connectivity index (χ0n) is 15.0. The van der Waals surface area contributed by atoms with Gasteiger partial charge in [-0.05, 0) is 30.0 Å². The van der Waals surface area contributed by atoms with Gasteiger partial charge in [-0.3, -0.25) is 4.79 Å². The summed E-state index contributed by atoms with van der Waals surface area (Å²) in [6.45, 7) is 0.310. The maximum absolute atomic E-state index is 12.4. The van der Waals surface area contributed by atoms with Gasteiger partial charge >= 0.3 is 5.97 Å². The smallest absolute Gasteiger partial charge is 0.309 e. The van der Waals surface area contributed by atoms with E-state index in [1.165, 1.54) is 0 Å². The Morgan fingerprint density at radius 2 is 1.81 bits per heavy atom. The van der Waals surface area contributed by atoms with Gasteiger partial charge in [0.2, 0.25) is 5.89 Å². The molecule has 3 aromatic rings. The summed E-state index contributed by atoms with van der Waals surface area (Å²) in [6.07, 6.45) is 5.88. The van der Waals surface area contributed by atoms with E-state index in [9.17, 15) is 4.79 Å². The molecule has 1 aliphatic carbocycles. The highest BCUT2D eigenvalue weighted by atomic mass is 16.5. The van der Waals surface area contributed by atoms with Crippen molar-refractivity contribution >= 4 is 18.1 Å². The molecular weight excluding hydrogens is 338 g/mol. The van der Waals surface area contributed by atoms with Crippen LogP contribution < -0.4 is 0 Å². The number of carbonyl (C=O) groups excluding carboxylic acids is 1. The molecule has 0 radical (unpaired) electrons. The fourth-order valence-electron chi connectivity index (χ4n) is 3.25. The van der Waals surface area contributed by atoms with Crippen LogP contribution in [0.1, 0.15) is 34.9 Å². The molecule has 0 N–H and O–H groups in total. The van der Waals surface area contributed by atoms with Gasteiger partial charge in [0.05, 0.1) is 11.6 Å². The third-order valence-corrected chi connectivity index (χ3v) is 4.73. The lowest BCUT2D eigenvalue weighted by Crippen LogP contribution is -2.24. The minimum atomic E-state index is -0.167. The number of hydrogen-bond donors (Lipinski definition) is 0. The Morgan fingerprint density at radius 1 is 1.07 bits per heavy atom. The van der Waals surface area contributed by atoms with Gasteiger partial charge in [-0.25, -0.2) is 4.98 Å². The number of fused-ring (bicyclic) bond motifs is 1. The lowest BCUT2D eigenvalue weighted by molar-refractivity contribution is -0.150. The summed E-state index contributed by atoms with van der Waals surface area (Å²) in [5.74, 6) is 1.06. The number of esters is 1. The Bertz CT molecular complexity index is 929. The number of hydrogen-bond acceptors (Lipinski definition) is 4.